The molecule has 0 aromatic heterocycles. The molecule has 1 unspecified atom stereocenters. The van der Waals surface area contributed by atoms with Gasteiger partial charge in [-0.05, 0) is 24.6 Å². The summed E-state index contributed by atoms with van der Waals surface area (Å²) in [5.41, 5.74) is 1.12. The van der Waals surface area contributed by atoms with E-state index in [-0.39, 0.29) is 18.1 Å². The Bertz CT molecular complexity index is 402. The van der Waals surface area contributed by atoms with E-state index in [1.54, 1.807) is 0 Å². The van der Waals surface area contributed by atoms with Crippen molar-refractivity contribution in [3.8, 4) is 5.75 Å². The number of hydrogen-bond acceptors (Lipinski definition) is 3. The molecule has 2 aliphatic rings. The molecule has 0 aliphatic carbocycles. The summed E-state index contributed by atoms with van der Waals surface area (Å²) in [5, 5.41) is 6.26. The van der Waals surface area contributed by atoms with Gasteiger partial charge in [0, 0.05) is 19.0 Å². The van der Waals surface area contributed by atoms with Crippen LogP contribution in [0.3, 0.4) is 0 Å². The quantitative estimate of drug-likeness (QED) is 0.779. The highest BCUT2D eigenvalue weighted by molar-refractivity contribution is 5.82. The molecular formula is C13H16N2O2. The van der Waals surface area contributed by atoms with Crippen LogP contribution >= 0.6 is 0 Å². The first-order valence-electron chi connectivity index (χ1n) is 6.08. The van der Waals surface area contributed by atoms with E-state index in [9.17, 15) is 4.79 Å². The fraction of sp³-hybridized carbons (Fsp3) is 0.462. The molecule has 0 radical (unpaired) electrons. The van der Waals surface area contributed by atoms with Crippen molar-refractivity contribution in [3.05, 3.63) is 29.8 Å². The molecule has 4 nitrogen and oxygen atoms in total. The fourth-order valence-corrected chi connectivity index (χ4v) is 2.40. The molecule has 2 atom stereocenters. The van der Waals surface area contributed by atoms with E-state index in [0.29, 0.717) is 6.42 Å². The predicted octanol–water partition coefficient (Wildman–Crippen LogP) is 0.468. The van der Waals surface area contributed by atoms with Crippen LogP contribution < -0.4 is 15.4 Å². The van der Waals surface area contributed by atoms with Gasteiger partial charge in [-0.1, -0.05) is 18.2 Å². The number of carbonyl (C=O) groups is 1. The van der Waals surface area contributed by atoms with E-state index in [1.165, 1.54) is 0 Å². The monoisotopic (exact) mass is 232 g/mol. The molecule has 0 spiro atoms. The second-order valence-corrected chi connectivity index (χ2v) is 4.62. The topological polar surface area (TPSA) is 50.4 Å². The van der Waals surface area contributed by atoms with Gasteiger partial charge < -0.3 is 15.4 Å². The highest BCUT2D eigenvalue weighted by Crippen LogP contribution is 2.28. The Morgan fingerprint density at radius 3 is 3.06 bits per heavy atom. The van der Waals surface area contributed by atoms with Gasteiger partial charge in [-0.25, -0.2) is 0 Å². The lowest BCUT2D eigenvalue weighted by atomic mass is 10.1. The van der Waals surface area contributed by atoms with Crippen LogP contribution in [0.1, 0.15) is 12.0 Å². The second kappa shape index (κ2) is 4.37. The van der Waals surface area contributed by atoms with Crippen LogP contribution in [0.15, 0.2) is 24.3 Å². The summed E-state index contributed by atoms with van der Waals surface area (Å²) in [7, 11) is 0. The van der Waals surface area contributed by atoms with Crippen LogP contribution in [0.5, 0.6) is 5.75 Å². The standard InChI is InChI=1S/C13H16N2O2/c16-13(15-10-5-6-14-8-10)12-7-9-3-1-2-4-11(9)17-12/h1-4,10,12,14H,5-8H2,(H,15,16)/t10-,12?/m0/s1. The SMILES string of the molecule is O=C(N[C@H]1CCNC1)C1Cc2ccccc2O1. The molecular weight excluding hydrogens is 216 g/mol. The third kappa shape index (κ3) is 2.13. The van der Waals surface area contributed by atoms with Gasteiger partial charge in [-0.15, -0.1) is 0 Å². The van der Waals surface area contributed by atoms with Crippen LogP contribution in [0, 0.1) is 0 Å². The van der Waals surface area contributed by atoms with Crippen molar-refractivity contribution in [2.45, 2.75) is 25.0 Å². The molecule has 1 fully saturated rings. The Hall–Kier alpha value is -1.55. The molecule has 1 saturated heterocycles. The molecule has 2 N–H and O–H groups in total. The van der Waals surface area contributed by atoms with Crippen molar-refractivity contribution in [1.29, 1.82) is 0 Å². The van der Waals surface area contributed by atoms with E-state index < -0.39 is 0 Å². The average molecular weight is 232 g/mol. The highest BCUT2D eigenvalue weighted by Gasteiger charge is 2.30. The first kappa shape index (κ1) is 10.6. The number of benzene rings is 1. The summed E-state index contributed by atoms with van der Waals surface area (Å²) < 4.78 is 5.65. The first-order chi connectivity index (χ1) is 8.33. The molecule has 17 heavy (non-hydrogen) atoms. The van der Waals surface area contributed by atoms with Gasteiger partial charge in [0.2, 0.25) is 0 Å². The lowest BCUT2D eigenvalue weighted by Crippen LogP contribution is -2.44. The number of fused-ring (bicyclic) bond motifs is 1. The van der Waals surface area contributed by atoms with Gasteiger partial charge in [0.25, 0.3) is 5.91 Å². The molecule has 0 bridgehead atoms. The largest absolute Gasteiger partial charge is 0.480 e. The number of amides is 1. The van der Waals surface area contributed by atoms with Gasteiger partial charge in [0.15, 0.2) is 6.10 Å². The van der Waals surface area contributed by atoms with Gasteiger partial charge in [-0.3, -0.25) is 4.79 Å². The maximum absolute atomic E-state index is 12.0. The Labute approximate surface area is 100 Å². The Morgan fingerprint density at radius 1 is 1.41 bits per heavy atom. The average Bonchev–Trinajstić information content (AvgIpc) is 2.96. The highest BCUT2D eigenvalue weighted by atomic mass is 16.5. The molecule has 2 heterocycles. The van der Waals surface area contributed by atoms with Crippen molar-refractivity contribution < 1.29 is 9.53 Å². The van der Waals surface area contributed by atoms with Crippen LogP contribution in [0.4, 0.5) is 0 Å². The number of rotatable bonds is 2. The molecule has 2 aliphatic heterocycles. The summed E-state index contributed by atoms with van der Waals surface area (Å²) in [4.78, 5) is 12.0. The van der Waals surface area contributed by atoms with E-state index in [2.05, 4.69) is 10.6 Å². The van der Waals surface area contributed by atoms with E-state index in [0.717, 1.165) is 30.8 Å². The minimum Gasteiger partial charge on any atom is -0.480 e. The fourth-order valence-electron chi connectivity index (χ4n) is 2.40. The molecule has 1 aromatic rings. The molecule has 1 aromatic carbocycles. The molecule has 3 rings (SSSR count). The zero-order valence-corrected chi connectivity index (χ0v) is 9.61. The predicted molar refractivity (Wildman–Crippen MR) is 64.0 cm³/mol. The lowest BCUT2D eigenvalue weighted by Gasteiger charge is -2.15. The summed E-state index contributed by atoms with van der Waals surface area (Å²) in [6.07, 6.45) is 1.33. The van der Waals surface area contributed by atoms with E-state index in [1.807, 2.05) is 24.3 Å². The van der Waals surface area contributed by atoms with Crippen molar-refractivity contribution in [2.24, 2.45) is 0 Å². The number of nitrogens with one attached hydrogen (secondary N) is 2. The second-order valence-electron chi connectivity index (χ2n) is 4.62. The Morgan fingerprint density at radius 2 is 2.29 bits per heavy atom. The summed E-state index contributed by atoms with van der Waals surface area (Å²) in [6, 6.07) is 8.10. The number of ether oxygens (including phenoxy) is 1. The van der Waals surface area contributed by atoms with Gasteiger partial charge in [0.1, 0.15) is 5.75 Å². The van der Waals surface area contributed by atoms with Crippen LogP contribution in [0.2, 0.25) is 0 Å². The Kier molecular flexibility index (Phi) is 2.73. The summed E-state index contributed by atoms with van der Waals surface area (Å²) in [6.45, 7) is 1.85. The zero-order valence-electron chi connectivity index (χ0n) is 9.61. The third-order valence-corrected chi connectivity index (χ3v) is 3.35. The Balaban J connectivity index is 1.62. The first-order valence-corrected chi connectivity index (χ1v) is 6.08. The maximum Gasteiger partial charge on any atom is 0.261 e. The van der Waals surface area contributed by atoms with E-state index in [4.69, 9.17) is 4.74 Å². The minimum absolute atomic E-state index is 0.00917. The lowest BCUT2D eigenvalue weighted by molar-refractivity contribution is -0.127. The summed E-state index contributed by atoms with van der Waals surface area (Å²) in [5.74, 6) is 0.854. The number of carbonyl (C=O) groups excluding carboxylic acids is 1. The van der Waals surface area contributed by atoms with Crippen LogP contribution in [0.25, 0.3) is 0 Å². The molecule has 4 heteroatoms. The smallest absolute Gasteiger partial charge is 0.261 e. The van der Waals surface area contributed by atoms with Crippen molar-refractivity contribution >= 4 is 5.91 Å². The number of para-hydroxylation sites is 1. The molecule has 1 amide bonds. The zero-order chi connectivity index (χ0) is 11.7. The van der Waals surface area contributed by atoms with Crippen LogP contribution in [-0.2, 0) is 11.2 Å². The number of hydrogen-bond donors (Lipinski definition) is 2. The van der Waals surface area contributed by atoms with Crippen LogP contribution in [-0.4, -0.2) is 31.1 Å². The van der Waals surface area contributed by atoms with Crippen molar-refractivity contribution in [1.82, 2.24) is 10.6 Å². The third-order valence-electron chi connectivity index (χ3n) is 3.35. The van der Waals surface area contributed by atoms with Gasteiger partial charge in [-0.2, -0.15) is 0 Å². The normalized spacial score (nSPS) is 26.4. The molecule has 0 saturated carbocycles. The molecule has 90 valence electrons. The summed E-state index contributed by atoms with van der Waals surface area (Å²) >= 11 is 0. The van der Waals surface area contributed by atoms with Gasteiger partial charge in [0.05, 0.1) is 0 Å². The van der Waals surface area contributed by atoms with E-state index >= 15 is 0 Å². The van der Waals surface area contributed by atoms with Crippen molar-refractivity contribution in [3.63, 3.8) is 0 Å². The minimum atomic E-state index is -0.354. The van der Waals surface area contributed by atoms with Gasteiger partial charge >= 0.3 is 0 Å². The van der Waals surface area contributed by atoms with Crippen molar-refractivity contribution in [2.75, 3.05) is 13.1 Å². The maximum atomic E-state index is 12.0.